The summed E-state index contributed by atoms with van der Waals surface area (Å²) in [4.78, 5) is 37.8. The largest absolute Gasteiger partial charge is 0.497 e. The van der Waals surface area contributed by atoms with Gasteiger partial charge in [-0.3, -0.25) is 9.59 Å². The van der Waals surface area contributed by atoms with E-state index in [0.29, 0.717) is 17.1 Å². The molecule has 4 rings (SSSR count). The third-order valence-corrected chi connectivity index (χ3v) is 6.49. The first kappa shape index (κ1) is 26.5. The molecule has 0 aliphatic heterocycles. The molecule has 0 unspecified atom stereocenters. The Morgan fingerprint density at radius 3 is 2.18 bits per heavy atom. The summed E-state index contributed by atoms with van der Waals surface area (Å²) in [6.45, 7) is -0.288. The molecule has 38 heavy (non-hydrogen) atoms. The summed E-state index contributed by atoms with van der Waals surface area (Å²) in [5.41, 5.74) is 5.11. The summed E-state index contributed by atoms with van der Waals surface area (Å²) < 4.78 is 16.0. The molecule has 0 saturated heterocycles. The number of carboxylic acids is 1. The number of amides is 2. The van der Waals surface area contributed by atoms with Gasteiger partial charge in [0.15, 0.2) is 0 Å². The molecule has 0 saturated carbocycles. The normalized spacial score (nSPS) is 11.7. The van der Waals surface area contributed by atoms with Gasteiger partial charge in [-0.1, -0.05) is 48.5 Å². The molecular weight excluding hydrogens is 488 g/mol. The highest BCUT2D eigenvalue weighted by Crippen LogP contribution is 2.44. The molecule has 2 amide bonds. The average Bonchev–Trinajstić information content (AvgIpc) is 3.25. The van der Waals surface area contributed by atoms with E-state index >= 15 is 0 Å². The van der Waals surface area contributed by atoms with E-state index in [9.17, 15) is 19.5 Å². The highest BCUT2D eigenvalue weighted by atomic mass is 16.5. The quantitative estimate of drug-likeness (QED) is 0.394. The molecule has 198 valence electrons. The van der Waals surface area contributed by atoms with E-state index < -0.39 is 24.5 Å². The van der Waals surface area contributed by atoms with E-state index in [-0.39, 0.29) is 32.0 Å². The Morgan fingerprint density at radius 2 is 1.58 bits per heavy atom. The minimum Gasteiger partial charge on any atom is -0.497 e. The number of benzene rings is 3. The number of methoxy groups -OCH3 is 2. The van der Waals surface area contributed by atoms with Crippen molar-refractivity contribution in [3.05, 3.63) is 83.4 Å². The van der Waals surface area contributed by atoms with Crippen LogP contribution in [0.2, 0.25) is 0 Å². The van der Waals surface area contributed by atoms with Crippen molar-refractivity contribution in [2.75, 3.05) is 33.9 Å². The van der Waals surface area contributed by atoms with Gasteiger partial charge in [0.25, 0.3) is 0 Å². The van der Waals surface area contributed by atoms with Crippen LogP contribution in [0.15, 0.2) is 66.7 Å². The number of carboxylic acid groups (broad SMARTS) is 1. The second-order valence-electron chi connectivity index (χ2n) is 8.82. The first-order valence-electron chi connectivity index (χ1n) is 12.2. The molecule has 9 heteroatoms. The second kappa shape index (κ2) is 12.1. The van der Waals surface area contributed by atoms with Gasteiger partial charge in [0.1, 0.15) is 24.7 Å². The molecular formula is C29H30N2O7. The van der Waals surface area contributed by atoms with Crippen molar-refractivity contribution in [1.29, 1.82) is 0 Å². The van der Waals surface area contributed by atoms with Gasteiger partial charge in [0.05, 0.1) is 14.2 Å². The minimum atomic E-state index is -1.14. The van der Waals surface area contributed by atoms with Crippen LogP contribution in [0.3, 0.4) is 0 Å². The first-order chi connectivity index (χ1) is 18.4. The Bertz CT molecular complexity index is 1280. The van der Waals surface area contributed by atoms with Crippen LogP contribution in [0.25, 0.3) is 11.1 Å². The van der Waals surface area contributed by atoms with Gasteiger partial charge in [-0.2, -0.15) is 0 Å². The maximum atomic E-state index is 12.8. The summed E-state index contributed by atoms with van der Waals surface area (Å²) in [7, 11) is 3.01. The number of alkyl carbamates (subject to hydrolysis) is 1. The maximum absolute atomic E-state index is 12.8. The van der Waals surface area contributed by atoms with Crippen molar-refractivity contribution in [2.45, 2.75) is 18.9 Å². The van der Waals surface area contributed by atoms with Gasteiger partial charge in [-0.25, -0.2) is 4.79 Å². The second-order valence-corrected chi connectivity index (χ2v) is 8.82. The zero-order valence-electron chi connectivity index (χ0n) is 21.3. The molecule has 3 aromatic rings. The number of carbonyl (C=O) groups is 3. The van der Waals surface area contributed by atoms with Crippen LogP contribution in [0.4, 0.5) is 4.79 Å². The van der Waals surface area contributed by atoms with Crippen LogP contribution in [0, 0.1) is 0 Å². The van der Waals surface area contributed by atoms with Gasteiger partial charge < -0.3 is 29.5 Å². The lowest BCUT2D eigenvalue weighted by Gasteiger charge is -2.22. The Morgan fingerprint density at radius 1 is 0.921 bits per heavy atom. The van der Waals surface area contributed by atoms with Crippen molar-refractivity contribution in [3.63, 3.8) is 0 Å². The van der Waals surface area contributed by atoms with E-state index in [0.717, 1.165) is 22.3 Å². The number of fused-ring (bicyclic) bond motifs is 3. The third kappa shape index (κ3) is 6.05. The van der Waals surface area contributed by atoms with E-state index in [2.05, 4.69) is 17.4 Å². The van der Waals surface area contributed by atoms with E-state index in [1.807, 2.05) is 36.4 Å². The minimum absolute atomic E-state index is 0.00533. The molecule has 0 spiro atoms. The zero-order chi connectivity index (χ0) is 27.1. The summed E-state index contributed by atoms with van der Waals surface area (Å²) in [5, 5.41) is 11.9. The first-order valence-corrected chi connectivity index (χ1v) is 12.2. The number of nitrogens with zero attached hydrogens (tertiary/aromatic N) is 1. The number of hydrogen-bond acceptors (Lipinski definition) is 6. The topological polar surface area (TPSA) is 114 Å². The van der Waals surface area contributed by atoms with Crippen molar-refractivity contribution in [1.82, 2.24) is 10.2 Å². The van der Waals surface area contributed by atoms with Crippen LogP contribution >= 0.6 is 0 Å². The van der Waals surface area contributed by atoms with Crippen LogP contribution in [-0.2, 0) is 20.9 Å². The maximum Gasteiger partial charge on any atom is 0.407 e. The van der Waals surface area contributed by atoms with Crippen LogP contribution in [0.5, 0.6) is 11.5 Å². The molecule has 2 N–H and O–H groups in total. The van der Waals surface area contributed by atoms with Crippen molar-refractivity contribution in [3.8, 4) is 22.6 Å². The fourth-order valence-corrected chi connectivity index (χ4v) is 4.66. The molecule has 0 fully saturated rings. The lowest BCUT2D eigenvalue weighted by molar-refractivity contribution is -0.144. The summed E-state index contributed by atoms with van der Waals surface area (Å²) in [6.07, 6.45) is -0.725. The third-order valence-electron chi connectivity index (χ3n) is 6.49. The Hall–Kier alpha value is -4.53. The fraction of sp³-hybridized carbons (Fsp3) is 0.276. The lowest BCUT2D eigenvalue weighted by atomic mass is 9.98. The van der Waals surface area contributed by atoms with Crippen molar-refractivity contribution in [2.24, 2.45) is 0 Å². The summed E-state index contributed by atoms with van der Waals surface area (Å²) >= 11 is 0. The number of aliphatic carboxylic acids is 1. The molecule has 1 aliphatic carbocycles. The average molecular weight is 519 g/mol. The highest BCUT2D eigenvalue weighted by Gasteiger charge is 2.29. The fourth-order valence-electron chi connectivity index (χ4n) is 4.66. The molecule has 9 nitrogen and oxygen atoms in total. The van der Waals surface area contributed by atoms with E-state index in [4.69, 9.17) is 14.2 Å². The Kier molecular flexibility index (Phi) is 8.47. The lowest BCUT2D eigenvalue weighted by Crippen LogP contribution is -2.37. The van der Waals surface area contributed by atoms with Crippen LogP contribution < -0.4 is 14.8 Å². The molecule has 0 atom stereocenters. The predicted molar refractivity (Wildman–Crippen MR) is 140 cm³/mol. The van der Waals surface area contributed by atoms with Crippen molar-refractivity contribution >= 4 is 18.0 Å². The number of carbonyl (C=O) groups excluding carboxylic acids is 2. The SMILES string of the molecule is COc1ccc(CN(CC(=O)O)C(=O)CCNC(=O)OCC2c3ccccc3-c3ccccc32)c(OC)c1. The number of nitrogens with one attached hydrogen (secondary N) is 1. The van der Waals surface area contributed by atoms with Gasteiger partial charge in [0.2, 0.25) is 5.91 Å². The standard InChI is InChI=1S/C29H30N2O7/c1-36-20-12-11-19(26(15-20)37-2)16-31(17-28(33)34)27(32)13-14-30-29(35)38-18-25-23-9-5-3-7-21(23)22-8-4-6-10-24(22)25/h3-12,15,25H,13-14,16-18H2,1-2H3,(H,30,35)(H,33,34). The molecule has 3 aromatic carbocycles. The van der Waals surface area contributed by atoms with Crippen molar-refractivity contribution < 1.29 is 33.7 Å². The molecule has 0 bridgehead atoms. The molecule has 0 aromatic heterocycles. The number of hydrogen-bond donors (Lipinski definition) is 2. The monoisotopic (exact) mass is 518 g/mol. The Labute approximate surface area is 220 Å². The summed E-state index contributed by atoms with van der Waals surface area (Å²) in [6, 6.07) is 21.2. The van der Waals surface area contributed by atoms with Crippen LogP contribution in [0.1, 0.15) is 29.0 Å². The predicted octanol–water partition coefficient (Wildman–Crippen LogP) is 4.05. The Balaban J connectivity index is 1.31. The zero-order valence-corrected chi connectivity index (χ0v) is 21.3. The van der Waals surface area contributed by atoms with Gasteiger partial charge in [0, 0.05) is 37.1 Å². The van der Waals surface area contributed by atoms with E-state index in [1.165, 1.54) is 19.1 Å². The smallest absolute Gasteiger partial charge is 0.407 e. The number of ether oxygens (including phenoxy) is 3. The van der Waals surface area contributed by atoms with Gasteiger partial charge >= 0.3 is 12.1 Å². The highest BCUT2D eigenvalue weighted by molar-refractivity contribution is 5.82. The molecule has 1 aliphatic rings. The number of rotatable bonds is 11. The van der Waals surface area contributed by atoms with E-state index in [1.54, 1.807) is 18.2 Å². The van der Waals surface area contributed by atoms with Crippen LogP contribution in [-0.4, -0.2) is 61.9 Å². The summed E-state index contributed by atoms with van der Waals surface area (Å²) in [5.74, 6) is -0.585. The van der Waals surface area contributed by atoms with Gasteiger partial charge in [-0.05, 0) is 34.4 Å². The molecule has 0 heterocycles. The molecule has 0 radical (unpaired) electrons. The van der Waals surface area contributed by atoms with Gasteiger partial charge in [-0.15, -0.1) is 0 Å².